The molecular weight excluding hydrogens is 166 g/mol. The summed E-state index contributed by atoms with van der Waals surface area (Å²) in [5.41, 5.74) is -0.718. The van der Waals surface area contributed by atoms with Crippen LogP contribution in [0.15, 0.2) is 11.8 Å². The molecule has 1 saturated heterocycles. The fraction of sp³-hybridized carbons (Fsp3) is 0.800. The van der Waals surface area contributed by atoms with Crippen molar-refractivity contribution in [3.05, 3.63) is 11.8 Å². The predicted molar refractivity (Wildman–Crippen MR) is 50.3 cm³/mol. The summed E-state index contributed by atoms with van der Waals surface area (Å²) in [6.07, 6.45) is 3.75. The number of β-amino-alcohol motifs (C(OH)–C–C–N with tert-alkyl or cyclic N) is 1. The maximum Gasteiger partial charge on any atom is 0.135 e. The van der Waals surface area contributed by atoms with Gasteiger partial charge in [0, 0.05) is 19.0 Å². The number of nitrogens with zero attached hydrogens (tertiary/aromatic N) is 1. The van der Waals surface area contributed by atoms with Crippen molar-refractivity contribution in [1.29, 1.82) is 0 Å². The molecule has 0 bridgehead atoms. The first-order chi connectivity index (χ1) is 6.12. The van der Waals surface area contributed by atoms with Crippen LogP contribution in [0.5, 0.6) is 0 Å². The van der Waals surface area contributed by atoms with Crippen LogP contribution in [0.4, 0.5) is 0 Å². The minimum Gasteiger partial charge on any atom is -0.495 e. The molecule has 2 aliphatic heterocycles. The van der Waals surface area contributed by atoms with E-state index < -0.39 is 5.60 Å². The zero-order chi connectivity index (χ0) is 9.47. The Hall–Kier alpha value is -0.540. The lowest BCUT2D eigenvalue weighted by Gasteiger charge is -2.23. The summed E-state index contributed by atoms with van der Waals surface area (Å²) in [6, 6.07) is 0.440. The Kier molecular flexibility index (Phi) is 2.08. The maximum atomic E-state index is 10.3. The van der Waals surface area contributed by atoms with E-state index in [2.05, 4.69) is 11.8 Å². The van der Waals surface area contributed by atoms with E-state index in [0.29, 0.717) is 12.6 Å². The average Bonchev–Trinajstić information content (AvgIpc) is 2.61. The highest BCUT2D eigenvalue weighted by atomic mass is 16.5. The third-order valence-electron chi connectivity index (χ3n) is 3.06. The van der Waals surface area contributed by atoms with Crippen LogP contribution in [0.25, 0.3) is 0 Å². The van der Waals surface area contributed by atoms with Crippen molar-refractivity contribution in [3.8, 4) is 0 Å². The van der Waals surface area contributed by atoms with Crippen LogP contribution in [0.1, 0.15) is 19.8 Å². The minimum absolute atomic E-state index is 0.440. The van der Waals surface area contributed by atoms with E-state index in [1.165, 1.54) is 0 Å². The Morgan fingerprint density at radius 3 is 2.92 bits per heavy atom. The summed E-state index contributed by atoms with van der Waals surface area (Å²) in [5, 5.41) is 10.3. The summed E-state index contributed by atoms with van der Waals surface area (Å²) >= 11 is 0. The molecule has 0 aromatic rings. The second-order valence-corrected chi connectivity index (χ2v) is 4.21. The van der Waals surface area contributed by atoms with Crippen molar-refractivity contribution < 1.29 is 9.84 Å². The molecule has 0 aromatic heterocycles. The number of rotatable bonds is 1. The molecule has 3 nitrogen and oxygen atoms in total. The van der Waals surface area contributed by atoms with Gasteiger partial charge in [-0.25, -0.2) is 0 Å². The first-order valence-corrected chi connectivity index (χ1v) is 4.88. The molecule has 13 heavy (non-hydrogen) atoms. The zero-order valence-corrected chi connectivity index (χ0v) is 8.29. The highest BCUT2D eigenvalue weighted by Gasteiger charge is 2.43. The van der Waals surface area contributed by atoms with Gasteiger partial charge in [-0.05, 0) is 26.5 Å². The van der Waals surface area contributed by atoms with Crippen LogP contribution >= 0.6 is 0 Å². The van der Waals surface area contributed by atoms with E-state index >= 15 is 0 Å². The second kappa shape index (κ2) is 3.00. The Morgan fingerprint density at radius 2 is 2.46 bits per heavy atom. The van der Waals surface area contributed by atoms with Gasteiger partial charge in [0.05, 0.1) is 6.61 Å². The van der Waals surface area contributed by atoms with E-state index in [1.807, 2.05) is 13.1 Å². The number of aliphatic hydroxyl groups is 1. The third kappa shape index (κ3) is 1.46. The van der Waals surface area contributed by atoms with Gasteiger partial charge in [-0.15, -0.1) is 0 Å². The van der Waals surface area contributed by atoms with E-state index in [4.69, 9.17) is 4.74 Å². The Bertz CT molecular complexity index is 227. The first kappa shape index (κ1) is 9.03. The first-order valence-electron chi connectivity index (χ1n) is 4.88. The number of hydrogen-bond donors (Lipinski definition) is 1. The number of likely N-dealkylation sites (tertiary alicyclic amines) is 1. The molecule has 0 aromatic carbocycles. The van der Waals surface area contributed by atoms with E-state index in [1.54, 1.807) is 0 Å². The minimum atomic E-state index is -0.718. The van der Waals surface area contributed by atoms with Crippen LogP contribution in [0.2, 0.25) is 0 Å². The molecule has 1 fully saturated rings. The topological polar surface area (TPSA) is 32.7 Å². The molecule has 0 spiro atoms. The van der Waals surface area contributed by atoms with Crippen LogP contribution in [-0.4, -0.2) is 41.8 Å². The SMILES string of the molecule is CC1CC(O)(C2=CCCO2)CN1C. The van der Waals surface area contributed by atoms with Gasteiger partial charge in [-0.3, -0.25) is 0 Å². The molecule has 74 valence electrons. The van der Waals surface area contributed by atoms with Crippen LogP contribution in [0, 0.1) is 0 Å². The highest BCUT2D eigenvalue weighted by Crippen LogP contribution is 2.34. The van der Waals surface area contributed by atoms with E-state index in [0.717, 1.165) is 25.2 Å². The van der Waals surface area contributed by atoms with Crippen molar-refractivity contribution in [2.24, 2.45) is 0 Å². The Balaban J connectivity index is 2.13. The van der Waals surface area contributed by atoms with Crippen molar-refractivity contribution in [1.82, 2.24) is 4.90 Å². The third-order valence-corrected chi connectivity index (χ3v) is 3.06. The van der Waals surface area contributed by atoms with Crippen LogP contribution in [-0.2, 0) is 4.74 Å². The van der Waals surface area contributed by atoms with Crippen molar-refractivity contribution in [3.63, 3.8) is 0 Å². The van der Waals surface area contributed by atoms with Gasteiger partial charge in [0.1, 0.15) is 11.4 Å². The average molecular weight is 183 g/mol. The number of hydrogen-bond acceptors (Lipinski definition) is 3. The van der Waals surface area contributed by atoms with E-state index in [9.17, 15) is 5.11 Å². The van der Waals surface area contributed by atoms with Crippen molar-refractivity contribution in [2.45, 2.75) is 31.4 Å². The normalized spacial score (nSPS) is 40.5. The number of ether oxygens (including phenoxy) is 1. The summed E-state index contributed by atoms with van der Waals surface area (Å²) in [6.45, 7) is 3.56. The van der Waals surface area contributed by atoms with Gasteiger partial charge in [0.25, 0.3) is 0 Å². The summed E-state index contributed by atoms with van der Waals surface area (Å²) in [7, 11) is 2.04. The van der Waals surface area contributed by atoms with Gasteiger partial charge in [-0.1, -0.05) is 0 Å². The van der Waals surface area contributed by atoms with Crippen molar-refractivity contribution in [2.75, 3.05) is 20.2 Å². The van der Waals surface area contributed by atoms with Gasteiger partial charge < -0.3 is 14.7 Å². The predicted octanol–water partition coefficient (Wildman–Crippen LogP) is 0.746. The summed E-state index contributed by atoms with van der Waals surface area (Å²) < 4.78 is 5.42. The molecule has 2 unspecified atom stereocenters. The maximum absolute atomic E-state index is 10.3. The van der Waals surface area contributed by atoms with Gasteiger partial charge in [0.2, 0.25) is 0 Å². The smallest absolute Gasteiger partial charge is 0.135 e. The van der Waals surface area contributed by atoms with Gasteiger partial charge >= 0.3 is 0 Å². The van der Waals surface area contributed by atoms with Gasteiger partial charge in [0.15, 0.2) is 0 Å². The van der Waals surface area contributed by atoms with Crippen LogP contribution < -0.4 is 0 Å². The van der Waals surface area contributed by atoms with Crippen LogP contribution in [0.3, 0.4) is 0 Å². The molecule has 0 amide bonds. The largest absolute Gasteiger partial charge is 0.495 e. The zero-order valence-electron chi connectivity index (χ0n) is 8.29. The summed E-state index contributed by atoms with van der Waals surface area (Å²) in [5.74, 6) is 0.795. The lowest BCUT2D eigenvalue weighted by molar-refractivity contribution is 0.0285. The Morgan fingerprint density at radius 1 is 1.69 bits per heavy atom. The summed E-state index contributed by atoms with van der Waals surface area (Å²) in [4.78, 5) is 2.17. The molecule has 0 radical (unpaired) electrons. The number of likely N-dealkylation sites (N-methyl/N-ethyl adjacent to an activating group) is 1. The van der Waals surface area contributed by atoms with Gasteiger partial charge in [-0.2, -0.15) is 0 Å². The molecule has 0 aliphatic carbocycles. The van der Waals surface area contributed by atoms with E-state index in [-0.39, 0.29) is 0 Å². The fourth-order valence-corrected chi connectivity index (χ4v) is 2.20. The molecule has 2 heterocycles. The van der Waals surface area contributed by atoms with Crippen molar-refractivity contribution >= 4 is 0 Å². The lowest BCUT2D eigenvalue weighted by Crippen LogP contribution is -2.34. The monoisotopic (exact) mass is 183 g/mol. The molecule has 2 atom stereocenters. The fourth-order valence-electron chi connectivity index (χ4n) is 2.20. The molecule has 0 saturated carbocycles. The standard InChI is InChI=1S/C10H17NO2/c1-8-6-10(12,7-11(8)2)9-4-3-5-13-9/h4,8,12H,3,5-7H2,1-2H3. The quantitative estimate of drug-likeness (QED) is 0.651. The molecule has 2 aliphatic rings. The molecule has 3 heteroatoms. The second-order valence-electron chi connectivity index (χ2n) is 4.21. The lowest BCUT2D eigenvalue weighted by atomic mass is 9.98. The molecular formula is C10H17NO2. The molecule has 1 N–H and O–H groups in total. The molecule has 2 rings (SSSR count). The Labute approximate surface area is 79.0 Å². The highest BCUT2D eigenvalue weighted by molar-refractivity contribution is 5.17.